The summed E-state index contributed by atoms with van der Waals surface area (Å²) in [6, 6.07) is -0.883. The summed E-state index contributed by atoms with van der Waals surface area (Å²) in [4.78, 5) is 23.1. The van der Waals surface area contributed by atoms with E-state index in [-0.39, 0.29) is 11.9 Å². The summed E-state index contributed by atoms with van der Waals surface area (Å²) in [5, 5.41) is 18.8. The van der Waals surface area contributed by atoms with Gasteiger partial charge in [0.15, 0.2) is 6.04 Å². The minimum Gasteiger partial charge on any atom is -0.479 e. The highest BCUT2D eigenvalue weighted by molar-refractivity contribution is 5.84. The lowest BCUT2D eigenvalue weighted by Gasteiger charge is -2.15. The van der Waals surface area contributed by atoms with Crippen LogP contribution in [0.4, 0.5) is 0 Å². The molecule has 2 atom stereocenters. The molecule has 1 saturated heterocycles. The van der Waals surface area contributed by atoms with Gasteiger partial charge >= 0.3 is 5.97 Å². The normalized spacial score (nSPS) is 20.2. The van der Waals surface area contributed by atoms with Gasteiger partial charge < -0.3 is 15.7 Å². The van der Waals surface area contributed by atoms with Gasteiger partial charge in [0.1, 0.15) is 0 Å². The van der Waals surface area contributed by atoms with Crippen molar-refractivity contribution in [2.45, 2.75) is 31.3 Å². The number of aromatic nitrogens is 2. The highest BCUT2D eigenvalue weighted by Gasteiger charge is 2.25. The number of carbonyl (C=O) groups excluding carboxylic acids is 1. The van der Waals surface area contributed by atoms with E-state index >= 15 is 0 Å². The van der Waals surface area contributed by atoms with Gasteiger partial charge in [-0.3, -0.25) is 9.48 Å². The fourth-order valence-corrected chi connectivity index (χ4v) is 2.25. The molecule has 1 aromatic rings. The number of carboxylic acids is 1. The number of aliphatic carboxylic acids is 1. The first kappa shape index (κ1) is 13.5. The summed E-state index contributed by atoms with van der Waals surface area (Å²) in [5.41, 5.74) is 0.475. The molecule has 104 valence electrons. The number of carboxylic acid groups (broad SMARTS) is 1. The van der Waals surface area contributed by atoms with Gasteiger partial charge in [-0.15, -0.1) is 0 Å². The molecule has 0 radical (unpaired) electrons. The summed E-state index contributed by atoms with van der Waals surface area (Å²) in [5.74, 6) is -1.34. The third-order valence-corrected chi connectivity index (χ3v) is 3.20. The van der Waals surface area contributed by atoms with Gasteiger partial charge in [0.05, 0.1) is 6.20 Å². The lowest BCUT2D eigenvalue weighted by atomic mass is 10.1. The van der Waals surface area contributed by atoms with Crippen molar-refractivity contribution >= 4 is 11.9 Å². The van der Waals surface area contributed by atoms with Crippen LogP contribution >= 0.6 is 0 Å². The topological polar surface area (TPSA) is 96.2 Å². The van der Waals surface area contributed by atoms with Crippen molar-refractivity contribution in [1.82, 2.24) is 20.4 Å². The number of nitrogens with zero attached hydrogens (tertiary/aromatic N) is 2. The molecule has 7 nitrogen and oxygen atoms in total. The van der Waals surface area contributed by atoms with Crippen molar-refractivity contribution in [3.8, 4) is 0 Å². The zero-order valence-electron chi connectivity index (χ0n) is 10.8. The number of rotatable bonds is 5. The maximum atomic E-state index is 11.9. The molecule has 7 heteroatoms. The third-order valence-electron chi connectivity index (χ3n) is 3.20. The molecule has 1 aliphatic rings. The van der Waals surface area contributed by atoms with Crippen molar-refractivity contribution < 1.29 is 14.7 Å². The van der Waals surface area contributed by atoms with Crippen molar-refractivity contribution in [2.24, 2.45) is 7.05 Å². The summed E-state index contributed by atoms with van der Waals surface area (Å²) in [6.07, 6.45) is 5.37. The van der Waals surface area contributed by atoms with E-state index in [9.17, 15) is 14.7 Å². The second kappa shape index (κ2) is 5.83. The van der Waals surface area contributed by atoms with Crippen LogP contribution in [0.5, 0.6) is 0 Å². The first-order valence-corrected chi connectivity index (χ1v) is 6.30. The van der Waals surface area contributed by atoms with Gasteiger partial charge in [-0.1, -0.05) is 0 Å². The van der Waals surface area contributed by atoms with Crippen LogP contribution in [-0.4, -0.2) is 39.4 Å². The number of hydrogen-bond donors (Lipinski definition) is 3. The van der Waals surface area contributed by atoms with Crippen LogP contribution in [0.15, 0.2) is 12.4 Å². The average Bonchev–Trinajstić information content (AvgIpc) is 2.97. The molecular weight excluding hydrogens is 248 g/mol. The van der Waals surface area contributed by atoms with E-state index < -0.39 is 12.0 Å². The van der Waals surface area contributed by atoms with Crippen molar-refractivity contribution in [3.05, 3.63) is 18.0 Å². The zero-order chi connectivity index (χ0) is 13.8. The van der Waals surface area contributed by atoms with Crippen LogP contribution in [0.3, 0.4) is 0 Å². The first-order chi connectivity index (χ1) is 9.06. The molecule has 1 fully saturated rings. The van der Waals surface area contributed by atoms with Crippen molar-refractivity contribution in [2.75, 3.05) is 6.54 Å². The fraction of sp³-hybridized carbons (Fsp3) is 0.583. The lowest BCUT2D eigenvalue weighted by molar-refractivity contribution is -0.142. The number of hydrogen-bond acceptors (Lipinski definition) is 4. The Kier molecular flexibility index (Phi) is 4.16. The van der Waals surface area contributed by atoms with Gasteiger partial charge in [-0.2, -0.15) is 5.10 Å². The Morgan fingerprint density at radius 1 is 1.68 bits per heavy atom. The quantitative estimate of drug-likeness (QED) is 0.686. The molecule has 0 bridgehead atoms. The van der Waals surface area contributed by atoms with Crippen LogP contribution in [0.2, 0.25) is 0 Å². The van der Waals surface area contributed by atoms with Crippen LogP contribution in [0, 0.1) is 0 Å². The first-order valence-electron chi connectivity index (χ1n) is 6.30. The maximum Gasteiger partial charge on any atom is 0.331 e. The van der Waals surface area contributed by atoms with Gasteiger partial charge in [0, 0.05) is 31.3 Å². The Labute approximate surface area is 111 Å². The lowest BCUT2D eigenvalue weighted by Crippen LogP contribution is -2.37. The Morgan fingerprint density at radius 2 is 2.47 bits per heavy atom. The predicted octanol–water partition coefficient (Wildman–Crippen LogP) is -0.196. The molecular formula is C12H18N4O3. The molecule has 2 rings (SSSR count). The van der Waals surface area contributed by atoms with Crippen molar-refractivity contribution in [1.29, 1.82) is 0 Å². The Hall–Kier alpha value is -1.89. The maximum absolute atomic E-state index is 11.9. The summed E-state index contributed by atoms with van der Waals surface area (Å²) < 4.78 is 1.51. The number of nitrogens with one attached hydrogen (secondary N) is 2. The average molecular weight is 266 g/mol. The van der Waals surface area contributed by atoms with Crippen LogP contribution < -0.4 is 10.6 Å². The van der Waals surface area contributed by atoms with E-state index in [1.54, 1.807) is 13.2 Å². The molecule has 1 amide bonds. The second-order valence-corrected chi connectivity index (χ2v) is 4.78. The molecule has 2 unspecified atom stereocenters. The highest BCUT2D eigenvalue weighted by atomic mass is 16.4. The van der Waals surface area contributed by atoms with E-state index in [4.69, 9.17) is 0 Å². The molecule has 1 aliphatic heterocycles. The summed E-state index contributed by atoms with van der Waals surface area (Å²) in [6.45, 7) is 0.920. The minimum absolute atomic E-state index is 0.156. The molecule has 0 spiro atoms. The van der Waals surface area contributed by atoms with Gasteiger partial charge in [-0.25, -0.2) is 4.79 Å². The van der Waals surface area contributed by atoms with E-state index in [2.05, 4.69) is 15.7 Å². The number of carbonyl (C=O) groups is 2. The van der Waals surface area contributed by atoms with E-state index in [0.717, 1.165) is 19.4 Å². The van der Waals surface area contributed by atoms with Gasteiger partial charge in [0.25, 0.3) is 0 Å². The molecule has 0 aromatic carbocycles. The second-order valence-electron chi connectivity index (χ2n) is 4.78. The molecule has 1 aromatic heterocycles. The Balaban J connectivity index is 1.96. The third kappa shape index (κ3) is 3.54. The largest absolute Gasteiger partial charge is 0.479 e. The molecule has 2 heterocycles. The Morgan fingerprint density at radius 3 is 3.00 bits per heavy atom. The molecule has 19 heavy (non-hydrogen) atoms. The predicted molar refractivity (Wildman–Crippen MR) is 67.4 cm³/mol. The smallest absolute Gasteiger partial charge is 0.331 e. The standard InChI is InChI=1S/C12H18N4O3/c1-16-7-8(6-14-16)11(12(18)19)15-10(17)5-9-3-2-4-13-9/h6-7,9,11,13H,2-5H2,1H3,(H,15,17)(H,18,19). The van der Waals surface area contributed by atoms with Crippen molar-refractivity contribution in [3.63, 3.8) is 0 Å². The van der Waals surface area contributed by atoms with E-state index in [0.29, 0.717) is 12.0 Å². The van der Waals surface area contributed by atoms with Crippen LogP contribution in [0.1, 0.15) is 30.9 Å². The molecule has 3 N–H and O–H groups in total. The minimum atomic E-state index is -1.08. The van der Waals surface area contributed by atoms with Crippen LogP contribution in [0.25, 0.3) is 0 Å². The highest BCUT2D eigenvalue weighted by Crippen LogP contribution is 2.14. The molecule has 0 aliphatic carbocycles. The summed E-state index contributed by atoms with van der Waals surface area (Å²) in [7, 11) is 1.70. The van der Waals surface area contributed by atoms with Gasteiger partial charge in [-0.05, 0) is 19.4 Å². The fourth-order valence-electron chi connectivity index (χ4n) is 2.25. The number of aryl methyl sites for hydroxylation is 1. The van der Waals surface area contributed by atoms with Crippen LogP contribution in [-0.2, 0) is 16.6 Å². The Bertz CT molecular complexity index is 465. The van der Waals surface area contributed by atoms with Gasteiger partial charge in [0.2, 0.25) is 5.91 Å². The number of amides is 1. The van der Waals surface area contributed by atoms with E-state index in [1.165, 1.54) is 10.9 Å². The van der Waals surface area contributed by atoms with E-state index in [1.807, 2.05) is 0 Å². The SMILES string of the molecule is Cn1cc(C(NC(=O)CC2CCCN2)C(=O)O)cn1. The monoisotopic (exact) mass is 266 g/mol. The summed E-state index contributed by atoms with van der Waals surface area (Å²) >= 11 is 0. The zero-order valence-corrected chi connectivity index (χ0v) is 10.8. The molecule has 0 saturated carbocycles.